The Morgan fingerprint density at radius 2 is 2.11 bits per heavy atom. The average molecular weight is 262 g/mol. The van der Waals surface area contributed by atoms with E-state index in [0.29, 0.717) is 23.9 Å². The number of methoxy groups -OCH3 is 1. The fourth-order valence-electron chi connectivity index (χ4n) is 1.78. The summed E-state index contributed by atoms with van der Waals surface area (Å²) in [4.78, 5) is 0. The van der Waals surface area contributed by atoms with Gasteiger partial charge in [0.15, 0.2) is 17.3 Å². The van der Waals surface area contributed by atoms with Crippen molar-refractivity contribution < 1.29 is 14.0 Å². The van der Waals surface area contributed by atoms with E-state index in [-0.39, 0.29) is 0 Å². The van der Waals surface area contributed by atoms with Crippen molar-refractivity contribution in [1.29, 1.82) is 0 Å². The highest BCUT2D eigenvalue weighted by Gasteiger charge is 2.08. The molecule has 0 saturated heterocycles. The van der Waals surface area contributed by atoms with Crippen LogP contribution in [-0.4, -0.2) is 19.3 Å². The Morgan fingerprint density at radius 1 is 1.26 bits per heavy atom. The number of hydrogen-bond donors (Lipinski definition) is 1. The molecule has 0 aliphatic rings. The molecule has 2 aromatic rings. The number of rotatable bonds is 6. The second-order valence-electron chi connectivity index (χ2n) is 4.24. The molecule has 1 heterocycles. The van der Waals surface area contributed by atoms with E-state index >= 15 is 0 Å². The van der Waals surface area contributed by atoms with E-state index in [0.717, 1.165) is 17.8 Å². The van der Waals surface area contributed by atoms with Crippen LogP contribution in [0.3, 0.4) is 0 Å². The van der Waals surface area contributed by atoms with E-state index in [1.165, 1.54) is 0 Å². The number of nitrogens with zero attached hydrogens (tertiary/aromatic N) is 1. The molecule has 1 aromatic carbocycles. The summed E-state index contributed by atoms with van der Waals surface area (Å²) >= 11 is 0. The molecule has 0 amide bonds. The van der Waals surface area contributed by atoms with Crippen LogP contribution >= 0.6 is 0 Å². The van der Waals surface area contributed by atoms with E-state index in [4.69, 9.17) is 14.0 Å². The van der Waals surface area contributed by atoms with Crippen LogP contribution < -0.4 is 14.8 Å². The van der Waals surface area contributed by atoms with Crippen LogP contribution in [0.15, 0.2) is 28.8 Å². The Balaban J connectivity index is 2.06. The zero-order valence-corrected chi connectivity index (χ0v) is 11.4. The number of benzene rings is 1. The lowest BCUT2D eigenvalue weighted by Crippen LogP contribution is -2.05. The van der Waals surface area contributed by atoms with Crippen molar-refractivity contribution in [3.05, 3.63) is 41.3 Å². The molecule has 0 atom stereocenters. The molecule has 1 N–H and O–H groups in total. The smallest absolute Gasteiger partial charge is 0.174 e. The fourth-order valence-corrected chi connectivity index (χ4v) is 1.78. The summed E-state index contributed by atoms with van der Waals surface area (Å²) in [6.07, 6.45) is 0. The maximum Gasteiger partial charge on any atom is 0.174 e. The molecule has 0 aliphatic heterocycles. The topological polar surface area (TPSA) is 56.5 Å². The van der Waals surface area contributed by atoms with Gasteiger partial charge >= 0.3 is 0 Å². The van der Waals surface area contributed by atoms with Crippen LogP contribution in [0.25, 0.3) is 0 Å². The summed E-state index contributed by atoms with van der Waals surface area (Å²) in [6, 6.07) is 7.70. The Kier molecular flexibility index (Phi) is 4.41. The van der Waals surface area contributed by atoms with E-state index in [2.05, 4.69) is 10.5 Å². The monoisotopic (exact) mass is 262 g/mol. The van der Waals surface area contributed by atoms with E-state index in [1.807, 2.05) is 38.2 Å². The zero-order chi connectivity index (χ0) is 13.7. The Bertz CT molecular complexity index is 537. The minimum Gasteiger partial charge on any atom is -0.493 e. The highest BCUT2D eigenvalue weighted by atomic mass is 16.5. The molecule has 5 heteroatoms. The van der Waals surface area contributed by atoms with Gasteiger partial charge in [0.25, 0.3) is 0 Å². The summed E-state index contributed by atoms with van der Waals surface area (Å²) < 4.78 is 16.1. The van der Waals surface area contributed by atoms with E-state index < -0.39 is 0 Å². The predicted molar refractivity (Wildman–Crippen MR) is 71.3 cm³/mol. The van der Waals surface area contributed by atoms with Crippen molar-refractivity contribution in [1.82, 2.24) is 10.5 Å². The van der Waals surface area contributed by atoms with Crippen molar-refractivity contribution in [2.24, 2.45) is 0 Å². The van der Waals surface area contributed by atoms with Crippen molar-refractivity contribution in [2.75, 3.05) is 14.2 Å². The summed E-state index contributed by atoms with van der Waals surface area (Å²) in [5.74, 6) is 2.10. The van der Waals surface area contributed by atoms with Gasteiger partial charge in [-0.05, 0) is 31.7 Å². The second-order valence-corrected chi connectivity index (χ2v) is 4.24. The van der Waals surface area contributed by atoms with Crippen LogP contribution in [-0.2, 0) is 13.2 Å². The quantitative estimate of drug-likeness (QED) is 0.865. The van der Waals surface area contributed by atoms with Crippen LogP contribution in [0.5, 0.6) is 11.5 Å². The van der Waals surface area contributed by atoms with Crippen LogP contribution in [0, 0.1) is 6.92 Å². The van der Waals surface area contributed by atoms with Gasteiger partial charge in [-0.25, -0.2) is 0 Å². The van der Waals surface area contributed by atoms with Crippen molar-refractivity contribution >= 4 is 0 Å². The maximum absolute atomic E-state index is 5.68. The van der Waals surface area contributed by atoms with Gasteiger partial charge in [0.1, 0.15) is 6.61 Å². The molecule has 2 rings (SSSR count). The second kappa shape index (κ2) is 6.24. The first-order chi connectivity index (χ1) is 9.22. The van der Waals surface area contributed by atoms with Gasteiger partial charge in [0.2, 0.25) is 0 Å². The molecule has 0 unspecified atom stereocenters. The Hall–Kier alpha value is -2.01. The van der Waals surface area contributed by atoms with Gasteiger partial charge in [-0.2, -0.15) is 0 Å². The van der Waals surface area contributed by atoms with Gasteiger partial charge in [-0.1, -0.05) is 11.2 Å². The van der Waals surface area contributed by atoms with Gasteiger partial charge in [0, 0.05) is 12.6 Å². The largest absolute Gasteiger partial charge is 0.493 e. The third kappa shape index (κ3) is 3.48. The lowest BCUT2D eigenvalue weighted by Gasteiger charge is -2.11. The Labute approximate surface area is 112 Å². The number of hydrogen-bond acceptors (Lipinski definition) is 5. The maximum atomic E-state index is 5.68. The van der Waals surface area contributed by atoms with Crippen molar-refractivity contribution in [3.63, 3.8) is 0 Å². The number of aryl methyl sites for hydroxylation is 1. The number of nitrogens with one attached hydrogen (secondary N) is 1. The molecule has 102 valence electrons. The van der Waals surface area contributed by atoms with Gasteiger partial charge in [-0.15, -0.1) is 0 Å². The standard InChI is InChI=1S/C14H18N2O3/c1-10-6-12(19-16-10)9-18-13-5-4-11(8-15-2)7-14(13)17-3/h4-7,15H,8-9H2,1-3H3. The molecule has 19 heavy (non-hydrogen) atoms. The first kappa shape index (κ1) is 13.4. The van der Waals surface area contributed by atoms with Crippen molar-refractivity contribution in [2.45, 2.75) is 20.1 Å². The lowest BCUT2D eigenvalue weighted by atomic mass is 10.2. The van der Waals surface area contributed by atoms with Gasteiger partial charge in [0.05, 0.1) is 12.8 Å². The summed E-state index contributed by atoms with van der Waals surface area (Å²) in [6.45, 7) is 3.00. The van der Waals surface area contributed by atoms with E-state index in [1.54, 1.807) is 7.11 Å². The van der Waals surface area contributed by atoms with Gasteiger partial charge in [-0.3, -0.25) is 0 Å². The van der Waals surface area contributed by atoms with Crippen LogP contribution in [0.2, 0.25) is 0 Å². The summed E-state index contributed by atoms with van der Waals surface area (Å²) in [7, 11) is 3.53. The third-order valence-electron chi connectivity index (χ3n) is 2.66. The highest BCUT2D eigenvalue weighted by molar-refractivity contribution is 5.43. The normalized spacial score (nSPS) is 10.5. The van der Waals surface area contributed by atoms with E-state index in [9.17, 15) is 0 Å². The predicted octanol–water partition coefficient (Wildman–Crippen LogP) is 2.29. The Morgan fingerprint density at radius 3 is 2.74 bits per heavy atom. The molecule has 5 nitrogen and oxygen atoms in total. The SMILES string of the molecule is CNCc1ccc(OCc2cc(C)no2)c(OC)c1. The lowest BCUT2D eigenvalue weighted by molar-refractivity contribution is 0.238. The van der Waals surface area contributed by atoms with Crippen LogP contribution in [0.4, 0.5) is 0 Å². The molecule has 0 saturated carbocycles. The van der Waals surface area contributed by atoms with Crippen LogP contribution in [0.1, 0.15) is 17.0 Å². The first-order valence-electron chi connectivity index (χ1n) is 6.09. The van der Waals surface area contributed by atoms with Crippen molar-refractivity contribution in [3.8, 4) is 11.5 Å². The first-order valence-corrected chi connectivity index (χ1v) is 6.09. The molecule has 1 aromatic heterocycles. The highest BCUT2D eigenvalue weighted by Crippen LogP contribution is 2.28. The minimum absolute atomic E-state index is 0.336. The fraction of sp³-hybridized carbons (Fsp3) is 0.357. The number of aromatic nitrogens is 1. The summed E-state index contributed by atoms with van der Waals surface area (Å²) in [5.41, 5.74) is 1.98. The molecule has 0 bridgehead atoms. The molecule has 0 aliphatic carbocycles. The minimum atomic E-state index is 0.336. The van der Waals surface area contributed by atoms with Gasteiger partial charge < -0.3 is 19.3 Å². The third-order valence-corrected chi connectivity index (χ3v) is 2.66. The summed E-state index contributed by atoms with van der Waals surface area (Å²) in [5, 5.41) is 6.91. The molecule has 0 spiro atoms. The zero-order valence-electron chi connectivity index (χ0n) is 11.4. The average Bonchev–Trinajstić information content (AvgIpc) is 2.83. The molecule has 0 radical (unpaired) electrons. The molecular weight excluding hydrogens is 244 g/mol. The molecular formula is C14H18N2O3. The molecule has 0 fully saturated rings. The number of ether oxygens (including phenoxy) is 2.